The highest BCUT2D eigenvalue weighted by atomic mass is 32.2. The van der Waals surface area contributed by atoms with Gasteiger partial charge in [-0.2, -0.15) is 0 Å². The van der Waals surface area contributed by atoms with Gasteiger partial charge in [0.05, 0.1) is 10.8 Å². The van der Waals surface area contributed by atoms with E-state index in [0.717, 1.165) is 51.4 Å². The molecule has 172 valence electrons. The fraction of sp³-hybridized carbons (Fsp3) is 0.652. The van der Waals surface area contributed by atoms with Gasteiger partial charge < -0.3 is 10.2 Å². The Bertz CT molecular complexity index is 881. The molecule has 8 heteroatoms. The van der Waals surface area contributed by atoms with E-state index in [0.29, 0.717) is 18.7 Å². The number of sulfonamides is 1. The van der Waals surface area contributed by atoms with Crippen molar-refractivity contribution in [2.45, 2.75) is 82.2 Å². The van der Waals surface area contributed by atoms with Crippen LogP contribution in [0.5, 0.6) is 0 Å². The summed E-state index contributed by atoms with van der Waals surface area (Å²) in [6.45, 7) is 5.02. The van der Waals surface area contributed by atoms with E-state index in [1.165, 1.54) is 12.1 Å². The van der Waals surface area contributed by atoms with Crippen molar-refractivity contribution in [3.05, 3.63) is 29.8 Å². The number of hydrogen-bond acceptors (Lipinski definition) is 4. The molecule has 2 aliphatic rings. The van der Waals surface area contributed by atoms with E-state index < -0.39 is 10.0 Å². The Hall–Kier alpha value is -1.93. The highest BCUT2D eigenvalue weighted by molar-refractivity contribution is 7.89. The molecule has 1 aliphatic heterocycles. The first-order valence-corrected chi connectivity index (χ1v) is 13.0. The molecule has 2 fully saturated rings. The predicted molar refractivity (Wildman–Crippen MR) is 120 cm³/mol. The van der Waals surface area contributed by atoms with E-state index in [2.05, 4.69) is 17.0 Å². The number of nitrogens with zero attached hydrogens (tertiary/aromatic N) is 1. The number of nitrogens with one attached hydrogen (secondary N) is 2. The molecular formula is C23H35N3O4S. The SMILES string of the molecule is CCC[C@H](C)NC(=O)[C@@H]1CCCN(C(=O)c2cccc(S(=O)(=O)NC3CCCC3)c2)C1. The van der Waals surface area contributed by atoms with Crippen LogP contribution in [0.25, 0.3) is 0 Å². The van der Waals surface area contributed by atoms with Crippen LogP contribution in [0.2, 0.25) is 0 Å². The van der Waals surface area contributed by atoms with Crippen LogP contribution in [0, 0.1) is 5.92 Å². The molecule has 2 amide bonds. The smallest absolute Gasteiger partial charge is 0.253 e. The summed E-state index contributed by atoms with van der Waals surface area (Å²) in [5, 5.41) is 3.05. The van der Waals surface area contributed by atoms with Crippen molar-refractivity contribution >= 4 is 21.8 Å². The third-order valence-corrected chi connectivity index (χ3v) is 7.78. The minimum absolute atomic E-state index is 0.00413. The summed E-state index contributed by atoms with van der Waals surface area (Å²) < 4.78 is 28.3. The normalized spacial score (nSPS) is 21.1. The molecule has 7 nitrogen and oxygen atoms in total. The second-order valence-corrected chi connectivity index (χ2v) is 10.6. The van der Waals surface area contributed by atoms with Crippen LogP contribution in [-0.4, -0.2) is 50.3 Å². The van der Waals surface area contributed by atoms with Crippen molar-refractivity contribution in [2.75, 3.05) is 13.1 Å². The molecule has 0 spiro atoms. The average Bonchev–Trinajstić information content (AvgIpc) is 3.26. The maximum absolute atomic E-state index is 13.1. The first kappa shape index (κ1) is 23.7. The van der Waals surface area contributed by atoms with E-state index in [1.54, 1.807) is 17.0 Å². The highest BCUT2D eigenvalue weighted by Gasteiger charge is 2.30. The standard InChI is InChI=1S/C23H35N3O4S/c1-3-8-17(2)24-22(27)19-10-7-14-26(16-19)23(28)18-9-6-13-21(15-18)31(29,30)25-20-11-4-5-12-20/h6,9,13,15,17,19-20,25H,3-5,7-8,10-12,14,16H2,1-2H3,(H,24,27)/t17-,19+/m0/s1. The number of hydrogen-bond donors (Lipinski definition) is 2. The van der Waals surface area contributed by atoms with Crippen LogP contribution in [-0.2, 0) is 14.8 Å². The molecule has 0 aromatic heterocycles. The molecule has 2 atom stereocenters. The van der Waals surface area contributed by atoms with Crippen LogP contribution >= 0.6 is 0 Å². The monoisotopic (exact) mass is 449 g/mol. The first-order valence-electron chi connectivity index (χ1n) is 11.5. The van der Waals surface area contributed by atoms with Gasteiger partial charge in [-0.1, -0.05) is 32.3 Å². The predicted octanol–water partition coefficient (Wildman–Crippen LogP) is 3.06. The summed E-state index contributed by atoms with van der Waals surface area (Å²) in [6.07, 6.45) is 7.22. The van der Waals surface area contributed by atoms with Crippen molar-refractivity contribution in [3.63, 3.8) is 0 Å². The van der Waals surface area contributed by atoms with Gasteiger partial charge in [0, 0.05) is 30.7 Å². The molecule has 0 unspecified atom stereocenters. The topological polar surface area (TPSA) is 95.6 Å². The fourth-order valence-electron chi connectivity index (χ4n) is 4.55. The van der Waals surface area contributed by atoms with E-state index >= 15 is 0 Å². The second-order valence-electron chi connectivity index (χ2n) is 8.92. The molecule has 1 saturated carbocycles. The zero-order valence-electron chi connectivity index (χ0n) is 18.6. The Morgan fingerprint density at radius 3 is 2.61 bits per heavy atom. The van der Waals surface area contributed by atoms with Crippen molar-refractivity contribution in [1.29, 1.82) is 0 Å². The summed E-state index contributed by atoms with van der Waals surface area (Å²) in [5.41, 5.74) is 0.342. The van der Waals surface area contributed by atoms with Gasteiger partial charge in [-0.25, -0.2) is 13.1 Å². The van der Waals surface area contributed by atoms with Gasteiger partial charge >= 0.3 is 0 Å². The summed E-state index contributed by atoms with van der Waals surface area (Å²) in [6, 6.07) is 6.32. The van der Waals surface area contributed by atoms with Crippen LogP contribution in [0.1, 0.15) is 75.6 Å². The van der Waals surface area contributed by atoms with Crippen LogP contribution < -0.4 is 10.0 Å². The van der Waals surface area contributed by atoms with Crippen LogP contribution in [0.3, 0.4) is 0 Å². The lowest BCUT2D eigenvalue weighted by atomic mass is 9.96. The van der Waals surface area contributed by atoms with Gasteiger partial charge in [0.25, 0.3) is 5.91 Å². The maximum Gasteiger partial charge on any atom is 0.253 e. The molecule has 2 N–H and O–H groups in total. The zero-order chi connectivity index (χ0) is 22.4. The number of carbonyl (C=O) groups excluding carboxylic acids is 2. The number of likely N-dealkylation sites (tertiary alicyclic amines) is 1. The second kappa shape index (κ2) is 10.6. The molecule has 31 heavy (non-hydrogen) atoms. The first-order chi connectivity index (χ1) is 14.8. The Labute approximate surface area is 186 Å². The molecule has 1 saturated heterocycles. The van der Waals surface area contributed by atoms with Crippen molar-refractivity contribution < 1.29 is 18.0 Å². The molecule has 1 aliphatic carbocycles. The summed E-state index contributed by atoms with van der Waals surface area (Å²) in [4.78, 5) is 27.5. The Kier molecular flexibility index (Phi) is 8.11. The minimum atomic E-state index is -3.66. The van der Waals surface area contributed by atoms with E-state index in [1.807, 2.05) is 6.92 Å². The summed E-state index contributed by atoms with van der Waals surface area (Å²) >= 11 is 0. The fourth-order valence-corrected chi connectivity index (χ4v) is 5.90. The number of amides is 2. The van der Waals surface area contributed by atoms with Gasteiger partial charge in [0.15, 0.2) is 0 Å². The zero-order valence-corrected chi connectivity index (χ0v) is 19.4. The summed E-state index contributed by atoms with van der Waals surface area (Å²) in [7, 11) is -3.66. The highest BCUT2D eigenvalue weighted by Crippen LogP contribution is 2.23. The lowest BCUT2D eigenvalue weighted by molar-refractivity contribution is -0.127. The van der Waals surface area contributed by atoms with E-state index in [4.69, 9.17) is 0 Å². The van der Waals surface area contributed by atoms with Crippen molar-refractivity contribution in [3.8, 4) is 0 Å². The number of carbonyl (C=O) groups is 2. The number of benzene rings is 1. The Morgan fingerprint density at radius 2 is 1.90 bits per heavy atom. The molecule has 0 radical (unpaired) electrons. The largest absolute Gasteiger partial charge is 0.353 e. The maximum atomic E-state index is 13.1. The van der Waals surface area contributed by atoms with Gasteiger partial charge in [-0.3, -0.25) is 9.59 Å². The van der Waals surface area contributed by atoms with Gasteiger partial charge in [0.2, 0.25) is 15.9 Å². The molecule has 1 aromatic carbocycles. The summed E-state index contributed by atoms with van der Waals surface area (Å²) in [5.74, 6) is -0.458. The number of rotatable bonds is 8. The van der Waals surface area contributed by atoms with Crippen molar-refractivity contribution in [1.82, 2.24) is 14.9 Å². The molecule has 0 bridgehead atoms. The third-order valence-electron chi connectivity index (χ3n) is 6.26. The van der Waals surface area contributed by atoms with Crippen LogP contribution in [0.4, 0.5) is 0 Å². The quantitative estimate of drug-likeness (QED) is 0.638. The third kappa shape index (κ3) is 6.29. The molecule has 3 rings (SSSR count). The Balaban J connectivity index is 1.66. The lowest BCUT2D eigenvalue weighted by Crippen LogP contribution is -2.47. The minimum Gasteiger partial charge on any atom is -0.353 e. The van der Waals surface area contributed by atoms with Crippen molar-refractivity contribution in [2.24, 2.45) is 5.92 Å². The van der Waals surface area contributed by atoms with Crippen LogP contribution in [0.15, 0.2) is 29.2 Å². The van der Waals surface area contributed by atoms with E-state index in [-0.39, 0.29) is 34.7 Å². The Morgan fingerprint density at radius 1 is 1.16 bits per heavy atom. The van der Waals surface area contributed by atoms with E-state index in [9.17, 15) is 18.0 Å². The molecule has 1 heterocycles. The average molecular weight is 450 g/mol. The van der Waals surface area contributed by atoms with Gasteiger partial charge in [-0.15, -0.1) is 0 Å². The van der Waals surface area contributed by atoms with Gasteiger partial charge in [0.1, 0.15) is 0 Å². The number of piperidine rings is 1. The lowest BCUT2D eigenvalue weighted by Gasteiger charge is -2.32. The van der Waals surface area contributed by atoms with Gasteiger partial charge in [-0.05, 0) is 57.2 Å². The molecule has 1 aromatic rings. The molecular weight excluding hydrogens is 414 g/mol.